The van der Waals surface area contributed by atoms with Crippen molar-refractivity contribution in [1.29, 1.82) is 0 Å². The van der Waals surface area contributed by atoms with E-state index in [-0.39, 0.29) is 10.7 Å². The summed E-state index contributed by atoms with van der Waals surface area (Å²) in [5.74, 6) is -0.0498. The second kappa shape index (κ2) is 5.78. The first-order valence-corrected chi connectivity index (χ1v) is 8.00. The zero-order valence-electron chi connectivity index (χ0n) is 12.5. The number of hydrogen-bond donors (Lipinski definition) is 2. The monoisotopic (exact) mass is 292 g/mol. The van der Waals surface area contributed by atoms with E-state index in [1.165, 1.54) is 4.90 Å². The van der Waals surface area contributed by atoms with Gasteiger partial charge in [-0.2, -0.15) is 0 Å². The first kappa shape index (κ1) is 15.4. The van der Waals surface area contributed by atoms with Crippen molar-refractivity contribution in [2.45, 2.75) is 61.6 Å². The number of amides is 1. The van der Waals surface area contributed by atoms with Gasteiger partial charge < -0.3 is 11.1 Å². The van der Waals surface area contributed by atoms with Crippen LogP contribution in [0, 0.1) is 0 Å². The van der Waals surface area contributed by atoms with Gasteiger partial charge in [0.1, 0.15) is 0 Å². The zero-order valence-corrected chi connectivity index (χ0v) is 13.3. The molecule has 1 amide bonds. The van der Waals surface area contributed by atoms with Crippen molar-refractivity contribution in [3.8, 4) is 0 Å². The number of hydrogen-bond acceptors (Lipinski definition) is 3. The lowest BCUT2D eigenvalue weighted by atomic mass is 9.98. The fourth-order valence-corrected chi connectivity index (χ4v) is 3.43. The largest absolute Gasteiger partial charge is 0.324 e. The number of anilines is 1. The van der Waals surface area contributed by atoms with Crippen molar-refractivity contribution in [2.75, 3.05) is 5.32 Å². The normalized spacial score (nSPS) is 18.0. The Morgan fingerprint density at radius 1 is 1.20 bits per heavy atom. The second-order valence-electron chi connectivity index (χ2n) is 6.56. The van der Waals surface area contributed by atoms with Crippen LogP contribution in [0.1, 0.15) is 46.5 Å². The van der Waals surface area contributed by atoms with Crippen LogP contribution in [0.15, 0.2) is 29.2 Å². The van der Waals surface area contributed by atoms with E-state index in [1.807, 2.05) is 36.0 Å². The molecule has 1 aliphatic carbocycles. The predicted molar refractivity (Wildman–Crippen MR) is 86.1 cm³/mol. The molecule has 0 radical (unpaired) electrons. The maximum absolute atomic E-state index is 12.2. The van der Waals surface area contributed by atoms with Gasteiger partial charge in [0, 0.05) is 15.3 Å². The average Bonchev–Trinajstić information content (AvgIpc) is 2.78. The molecule has 20 heavy (non-hydrogen) atoms. The van der Waals surface area contributed by atoms with E-state index in [4.69, 9.17) is 5.73 Å². The third kappa shape index (κ3) is 4.00. The van der Waals surface area contributed by atoms with Gasteiger partial charge in [0.2, 0.25) is 5.91 Å². The Hall–Kier alpha value is -1.00. The zero-order chi connectivity index (χ0) is 14.8. The number of carbonyl (C=O) groups excluding carboxylic acids is 1. The Balaban J connectivity index is 1.98. The minimum absolute atomic E-state index is 0.0498. The Morgan fingerprint density at radius 2 is 1.75 bits per heavy atom. The van der Waals surface area contributed by atoms with Gasteiger partial charge in [-0.1, -0.05) is 33.6 Å². The van der Waals surface area contributed by atoms with E-state index in [1.54, 1.807) is 0 Å². The lowest BCUT2D eigenvalue weighted by molar-refractivity contribution is -0.121. The molecule has 3 nitrogen and oxygen atoms in total. The van der Waals surface area contributed by atoms with Gasteiger partial charge in [-0.3, -0.25) is 4.79 Å². The van der Waals surface area contributed by atoms with Gasteiger partial charge in [0.05, 0.1) is 5.54 Å². The van der Waals surface area contributed by atoms with Gasteiger partial charge in [-0.05, 0) is 37.1 Å². The predicted octanol–water partition coefficient (Wildman–Crippen LogP) is 3.79. The lowest BCUT2D eigenvalue weighted by Gasteiger charge is -2.22. The van der Waals surface area contributed by atoms with Gasteiger partial charge in [-0.25, -0.2) is 0 Å². The second-order valence-corrected chi connectivity index (χ2v) is 8.46. The molecule has 1 fully saturated rings. The summed E-state index contributed by atoms with van der Waals surface area (Å²) < 4.78 is 0.190. The average molecular weight is 292 g/mol. The first-order chi connectivity index (χ1) is 9.28. The molecule has 2 rings (SSSR count). The molecule has 1 aromatic rings. The number of thioether (sulfide) groups is 1. The molecule has 0 unspecified atom stereocenters. The van der Waals surface area contributed by atoms with Crippen molar-refractivity contribution in [3.05, 3.63) is 24.3 Å². The summed E-state index contributed by atoms with van der Waals surface area (Å²) in [4.78, 5) is 13.4. The summed E-state index contributed by atoms with van der Waals surface area (Å²) in [6.07, 6.45) is 3.67. The van der Waals surface area contributed by atoms with Crippen molar-refractivity contribution in [1.82, 2.24) is 0 Å². The van der Waals surface area contributed by atoms with E-state index in [0.29, 0.717) is 0 Å². The number of nitrogens with two attached hydrogens (primary N) is 1. The van der Waals surface area contributed by atoms with Crippen LogP contribution < -0.4 is 11.1 Å². The molecule has 1 aliphatic rings. The maximum Gasteiger partial charge on any atom is 0.244 e. The van der Waals surface area contributed by atoms with Crippen LogP contribution in [0.3, 0.4) is 0 Å². The highest BCUT2D eigenvalue weighted by molar-refractivity contribution is 8.00. The molecule has 0 aromatic heterocycles. The minimum Gasteiger partial charge on any atom is -0.324 e. The Labute approximate surface area is 125 Å². The van der Waals surface area contributed by atoms with E-state index in [0.717, 1.165) is 31.4 Å². The van der Waals surface area contributed by atoms with E-state index in [9.17, 15) is 4.79 Å². The molecule has 4 heteroatoms. The highest BCUT2D eigenvalue weighted by atomic mass is 32.2. The minimum atomic E-state index is -0.668. The molecule has 0 spiro atoms. The lowest BCUT2D eigenvalue weighted by Crippen LogP contribution is -2.48. The SMILES string of the molecule is CC(C)(C)Sc1ccc(NC(=O)C2(N)CCCC2)cc1. The van der Waals surface area contributed by atoms with Crippen LogP contribution >= 0.6 is 11.8 Å². The number of rotatable bonds is 3. The van der Waals surface area contributed by atoms with Crippen LogP contribution in [-0.4, -0.2) is 16.2 Å². The molecule has 0 aliphatic heterocycles. The molecule has 0 heterocycles. The Bertz CT molecular complexity index is 470. The molecule has 3 N–H and O–H groups in total. The summed E-state index contributed by atoms with van der Waals surface area (Å²) in [7, 11) is 0. The summed E-state index contributed by atoms with van der Waals surface area (Å²) in [6.45, 7) is 6.56. The maximum atomic E-state index is 12.2. The highest BCUT2D eigenvalue weighted by Crippen LogP contribution is 2.33. The molecule has 1 saturated carbocycles. The summed E-state index contributed by atoms with van der Waals surface area (Å²) in [6, 6.07) is 7.99. The summed E-state index contributed by atoms with van der Waals surface area (Å²) >= 11 is 1.82. The highest BCUT2D eigenvalue weighted by Gasteiger charge is 2.36. The summed E-state index contributed by atoms with van der Waals surface area (Å²) in [5, 5.41) is 2.94. The molecule has 0 saturated heterocycles. The van der Waals surface area contributed by atoms with E-state index >= 15 is 0 Å². The number of nitrogens with one attached hydrogen (secondary N) is 1. The van der Waals surface area contributed by atoms with Crippen LogP contribution in [0.25, 0.3) is 0 Å². The first-order valence-electron chi connectivity index (χ1n) is 7.18. The number of benzene rings is 1. The topological polar surface area (TPSA) is 55.1 Å². The van der Waals surface area contributed by atoms with E-state index in [2.05, 4.69) is 26.1 Å². The molecule has 110 valence electrons. The van der Waals surface area contributed by atoms with Crippen LogP contribution in [0.2, 0.25) is 0 Å². The van der Waals surface area contributed by atoms with Crippen molar-refractivity contribution in [2.24, 2.45) is 5.73 Å². The van der Waals surface area contributed by atoms with Crippen LogP contribution in [0.5, 0.6) is 0 Å². The fourth-order valence-electron chi connectivity index (χ4n) is 2.45. The van der Waals surface area contributed by atoms with Crippen LogP contribution in [-0.2, 0) is 4.79 Å². The van der Waals surface area contributed by atoms with Crippen LogP contribution in [0.4, 0.5) is 5.69 Å². The third-order valence-corrected chi connectivity index (χ3v) is 4.60. The smallest absolute Gasteiger partial charge is 0.244 e. The summed E-state index contributed by atoms with van der Waals surface area (Å²) in [5.41, 5.74) is 6.30. The van der Waals surface area contributed by atoms with Gasteiger partial charge in [0.15, 0.2) is 0 Å². The Kier molecular flexibility index (Phi) is 4.45. The fraction of sp³-hybridized carbons (Fsp3) is 0.562. The Morgan fingerprint density at radius 3 is 2.25 bits per heavy atom. The quantitative estimate of drug-likeness (QED) is 0.833. The standard InChI is InChI=1S/C16H24N2OS/c1-15(2,3)20-13-8-6-12(7-9-13)18-14(19)16(17)10-4-5-11-16/h6-9H,4-5,10-11,17H2,1-3H3,(H,18,19). The van der Waals surface area contributed by atoms with Gasteiger partial charge in [0.25, 0.3) is 0 Å². The van der Waals surface area contributed by atoms with Crippen molar-refractivity contribution >= 4 is 23.4 Å². The molecule has 0 atom stereocenters. The number of carbonyl (C=O) groups is 1. The van der Waals surface area contributed by atoms with Gasteiger partial charge >= 0.3 is 0 Å². The third-order valence-electron chi connectivity index (χ3n) is 3.48. The van der Waals surface area contributed by atoms with Crippen molar-refractivity contribution in [3.63, 3.8) is 0 Å². The molecule has 1 aromatic carbocycles. The van der Waals surface area contributed by atoms with Gasteiger partial charge in [-0.15, -0.1) is 11.8 Å². The van der Waals surface area contributed by atoms with Crippen molar-refractivity contribution < 1.29 is 4.79 Å². The van der Waals surface area contributed by atoms with E-state index < -0.39 is 5.54 Å². The molecular formula is C16H24N2OS. The molecular weight excluding hydrogens is 268 g/mol. The molecule has 0 bridgehead atoms.